The summed E-state index contributed by atoms with van der Waals surface area (Å²) in [7, 11) is 1.68. The Hall–Kier alpha value is -4.51. The molecule has 4 aromatic heterocycles. The lowest BCUT2D eigenvalue weighted by molar-refractivity contribution is 0.0700. The van der Waals surface area contributed by atoms with Gasteiger partial charge < -0.3 is 29.4 Å². The van der Waals surface area contributed by atoms with Gasteiger partial charge in [0.1, 0.15) is 23.2 Å². The summed E-state index contributed by atoms with van der Waals surface area (Å²) in [4.78, 5) is 36.7. The number of piperidine rings is 1. The number of carbonyl (C=O) groups excluding carboxylic acids is 1. The molecule has 0 spiro atoms. The minimum absolute atomic E-state index is 0.0145. The van der Waals surface area contributed by atoms with Crippen molar-refractivity contribution < 1.29 is 9.53 Å². The summed E-state index contributed by atoms with van der Waals surface area (Å²) in [5.41, 5.74) is 11.8. The van der Waals surface area contributed by atoms with E-state index in [1.54, 1.807) is 13.4 Å². The number of fused-ring (bicyclic) bond motifs is 4. The van der Waals surface area contributed by atoms with Gasteiger partial charge in [-0.15, -0.1) is 0 Å². The third-order valence-corrected chi connectivity index (χ3v) is 10.5. The summed E-state index contributed by atoms with van der Waals surface area (Å²) in [6.07, 6.45) is 11.7. The molecule has 6 heterocycles. The van der Waals surface area contributed by atoms with Crippen LogP contribution in [0.15, 0.2) is 55.2 Å². The van der Waals surface area contributed by atoms with Gasteiger partial charge in [0.25, 0.3) is 5.91 Å². The van der Waals surface area contributed by atoms with E-state index in [1.807, 2.05) is 41.7 Å². The Morgan fingerprint density at radius 3 is 2.56 bits per heavy atom. The van der Waals surface area contributed by atoms with E-state index in [-0.39, 0.29) is 18.0 Å². The highest BCUT2D eigenvalue weighted by molar-refractivity contribution is 6.00. The number of amides is 1. The quantitative estimate of drug-likeness (QED) is 0.283. The number of benzene rings is 1. The Kier molecular flexibility index (Phi) is 6.13. The molecule has 2 N–H and O–H groups in total. The average molecular weight is 604 g/mol. The normalized spacial score (nSPS) is 22.9. The van der Waals surface area contributed by atoms with E-state index in [2.05, 4.69) is 36.1 Å². The van der Waals surface area contributed by atoms with Crippen LogP contribution in [0.25, 0.3) is 33.6 Å². The number of nitrogens with two attached hydrogens (primary N) is 1. The molecule has 2 bridgehead atoms. The van der Waals surface area contributed by atoms with E-state index in [0.717, 1.165) is 84.8 Å². The van der Waals surface area contributed by atoms with Crippen LogP contribution in [-0.2, 0) is 13.1 Å². The average Bonchev–Trinajstić information content (AvgIpc) is 3.41. The van der Waals surface area contributed by atoms with E-state index >= 15 is 0 Å². The van der Waals surface area contributed by atoms with Gasteiger partial charge in [0.15, 0.2) is 5.82 Å². The number of hydrogen-bond acceptors (Lipinski definition) is 8. The molecule has 0 radical (unpaired) electrons. The largest absolute Gasteiger partial charge is 0.494 e. The lowest BCUT2D eigenvalue weighted by atomic mass is 9.99. The zero-order valence-electron chi connectivity index (χ0n) is 25.4. The van der Waals surface area contributed by atoms with Gasteiger partial charge in [-0.3, -0.25) is 4.79 Å². The topological polar surface area (TPSA) is 120 Å². The van der Waals surface area contributed by atoms with Gasteiger partial charge in [0.2, 0.25) is 0 Å². The molecule has 2 saturated heterocycles. The molecule has 0 unspecified atom stereocenters. The van der Waals surface area contributed by atoms with Crippen molar-refractivity contribution in [3.8, 4) is 17.3 Å². The molecular formula is C34H37N9O2. The molecular weight excluding hydrogens is 566 g/mol. The molecule has 11 nitrogen and oxygen atoms in total. The number of hydrogen-bond donors (Lipinski definition) is 1. The van der Waals surface area contributed by atoms with E-state index in [0.29, 0.717) is 29.1 Å². The third kappa shape index (κ3) is 4.39. The summed E-state index contributed by atoms with van der Waals surface area (Å²) >= 11 is 0. The number of nitrogens with zero attached hydrogens (tertiary/aromatic N) is 8. The predicted octanol–water partition coefficient (Wildman–Crippen LogP) is 3.96. The van der Waals surface area contributed by atoms with Gasteiger partial charge in [-0.05, 0) is 67.9 Å². The van der Waals surface area contributed by atoms with Crippen LogP contribution in [0.3, 0.4) is 0 Å². The Bertz CT molecular complexity index is 1920. The lowest BCUT2D eigenvalue weighted by Gasteiger charge is -2.41. The highest BCUT2D eigenvalue weighted by Gasteiger charge is 2.47. The lowest BCUT2D eigenvalue weighted by Crippen LogP contribution is -2.48. The SMILES string of the molecule is COc1cc(C(=O)N2C[C@H]3CC[C@@H]2[C@@H]3N)cc2nc(-c3cc4cccnc4n3CC3CC3)n(CC3CN(c4cncnc4)C3)c12. The van der Waals surface area contributed by atoms with Crippen molar-refractivity contribution in [3.05, 3.63) is 60.8 Å². The van der Waals surface area contributed by atoms with Crippen molar-refractivity contribution in [3.63, 3.8) is 0 Å². The zero-order chi connectivity index (χ0) is 30.2. The van der Waals surface area contributed by atoms with Crippen LogP contribution in [0.4, 0.5) is 5.69 Å². The first kappa shape index (κ1) is 26.9. The van der Waals surface area contributed by atoms with E-state index in [4.69, 9.17) is 20.4 Å². The molecule has 5 aromatic rings. The van der Waals surface area contributed by atoms with Gasteiger partial charge in [-0.25, -0.2) is 19.9 Å². The number of methoxy groups -OCH3 is 1. The Morgan fingerprint density at radius 1 is 1.00 bits per heavy atom. The fourth-order valence-corrected chi connectivity index (χ4v) is 7.95. The number of ether oxygens (including phenoxy) is 1. The number of rotatable bonds is 8. The van der Waals surface area contributed by atoms with Crippen molar-refractivity contribution in [2.75, 3.05) is 31.6 Å². The van der Waals surface area contributed by atoms with E-state index in [1.165, 1.54) is 12.8 Å². The summed E-state index contributed by atoms with van der Waals surface area (Å²) in [5, 5.41) is 1.11. The molecule has 1 aromatic carbocycles. The summed E-state index contributed by atoms with van der Waals surface area (Å²) in [5.74, 6) is 3.01. The maximum atomic E-state index is 13.9. The molecule has 11 heteroatoms. The molecule has 1 amide bonds. The second kappa shape index (κ2) is 10.3. The van der Waals surface area contributed by atoms with Gasteiger partial charge in [0, 0.05) is 67.9 Å². The van der Waals surface area contributed by atoms with Crippen molar-refractivity contribution in [1.82, 2.24) is 34.0 Å². The third-order valence-electron chi connectivity index (χ3n) is 10.5. The van der Waals surface area contributed by atoms with Gasteiger partial charge >= 0.3 is 0 Å². The van der Waals surface area contributed by atoms with E-state index in [9.17, 15) is 4.79 Å². The fraction of sp³-hybridized carbons (Fsp3) is 0.441. The molecule has 9 rings (SSSR count). The van der Waals surface area contributed by atoms with Crippen LogP contribution in [0.5, 0.6) is 5.75 Å². The number of pyridine rings is 1. The van der Waals surface area contributed by atoms with Crippen LogP contribution in [0, 0.1) is 17.8 Å². The molecule has 4 aliphatic rings. The van der Waals surface area contributed by atoms with E-state index < -0.39 is 0 Å². The van der Waals surface area contributed by atoms with Gasteiger partial charge in [-0.1, -0.05) is 0 Å². The van der Waals surface area contributed by atoms with Crippen LogP contribution >= 0.6 is 0 Å². The molecule has 2 aliphatic carbocycles. The monoisotopic (exact) mass is 603 g/mol. The molecule has 3 atom stereocenters. The highest BCUT2D eigenvalue weighted by Crippen LogP contribution is 2.41. The zero-order valence-corrected chi connectivity index (χ0v) is 25.4. The van der Waals surface area contributed by atoms with Crippen molar-refractivity contribution >= 4 is 33.7 Å². The van der Waals surface area contributed by atoms with Crippen molar-refractivity contribution in [2.24, 2.45) is 23.5 Å². The standard InChI is InChI=1S/C34H37N9O2/c1-45-29-11-24(34(44)42-18-23-6-7-27(42)30(23)35)9-26-31(29)43(17-21-14-40(15-21)25-12-36-19-37-13-25)33(39-26)28-10-22-3-2-8-38-32(22)41(28)16-20-4-5-20/h2-3,8-13,19-21,23,27,30H,4-7,14-18,35H2,1H3/t23-,27-,30-/m1/s1. The minimum atomic E-state index is 0.0145. The molecule has 4 fully saturated rings. The Balaban J connectivity index is 1.15. The van der Waals surface area contributed by atoms with Crippen LogP contribution in [0.1, 0.15) is 36.0 Å². The summed E-state index contributed by atoms with van der Waals surface area (Å²) in [6, 6.07) is 10.4. The summed E-state index contributed by atoms with van der Waals surface area (Å²) < 4.78 is 10.7. The fourth-order valence-electron chi connectivity index (χ4n) is 7.95. The number of carbonyl (C=O) groups is 1. The maximum absolute atomic E-state index is 13.9. The number of aromatic nitrogens is 6. The minimum Gasteiger partial charge on any atom is -0.494 e. The highest BCUT2D eigenvalue weighted by atomic mass is 16.5. The van der Waals surface area contributed by atoms with Crippen LogP contribution < -0.4 is 15.4 Å². The molecule has 45 heavy (non-hydrogen) atoms. The smallest absolute Gasteiger partial charge is 0.254 e. The Labute approximate surface area is 261 Å². The molecule has 2 saturated carbocycles. The first-order valence-corrected chi connectivity index (χ1v) is 16.1. The van der Waals surface area contributed by atoms with Crippen molar-refractivity contribution in [1.29, 1.82) is 0 Å². The number of imidazole rings is 1. The molecule has 2 aliphatic heterocycles. The Morgan fingerprint density at radius 2 is 1.82 bits per heavy atom. The predicted molar refractivity (Wildman–Crippen MR) is 171 cm³/mol. The van der Waals surface area contributed by atoms with Crippen LogP contribution in [0.2, 0.25) is 0 Å². The van der Waals surface area contributed by atoms with Gasteiger partial charge in [0.05, 0.1) is 36.4 Å². The number of likely N-dealkylation sites (tertiary alicyclic amines) is 1. The van der Waals surface area contributed by atoms with Crippen molar-refractivity contribution in [2.45, 2.75) is 50.9 Å². The molecule has 230 valence electrons. The van der Waals surface area contributed by atoms with Gasteiger partial charge in [-0.2, -0.15) is 0 Å². The second-order valence-electron chi connectivity index (χ2n) is 13.4. The van der Waals surface area contributed by atoms with Crippen LogP contribution in [-0.4, -0.2) is 78.7 Å². The summed E-state index contributed by atoms with van der Waals surface area (Å²) in [6.45, 7) is 4.21. The maximum Gasteiger partial charge on any atom is 0.254 e. The second-order valence-corrected chi connectivity index (χ2v) is 13.4. The number of anilines is 1. The first-order valence-electron chi connectivity index (χ1n) is 16.1. The first-order chi connectivity index (χ1) is 22.1.